The van der Waals surface area contributed by atoms with Crippen LogP contribution in [-0.4, -0.2) is 16.9 Å². The highest BCUT2D eigenvalue weighted by Gasteiger charge is 1.98. The molecule has 0 bridgehead atoms. The Kier molecular flexibility index (Phi) is 4.18. The molecular formula is C9H16N2OS. The van der Waals surface area contributed by atoms with Gasteiger partial charge in [0.05, 0.1) is 12.3 Å². The van der Waals surface area contributed by atoms with Crippen molar-refractivity contribution < 1.29 is 4.74 Å². The lowest BCUT2D eigenvalue weighted by molar-refractivity contribution is 0.180. The number of aryl methyl sites for hydroxylation is 1. The average molecular weight is 200 g/mol. The fourth-order valence-corrected chi connectivity index (χ4v) is 1.48. The Hall–Kier alpha value is -0.610. The zero-order valence-electron chi connectivity index (χ0n) is 8.17. The maximum atomic E-state index is 5.18. The number of hydrogen-bond donors (Lipinski definition) is 1. The van der Waals surface area contributed by atoms with Crippen LogP contribution < -0.4 is 0 Å². The topological polar surface area (TPSA) is 29.9 Å². The van der Waals surface area contributed by atoms with Gasteiger partial charge < -0.3 is 4.74 Å². The molecule has 0 saturated carbocycles. The van der Waals surface area contributed by atoms with E-state index in [1.807, 2.05) is 10.7 Å². The van der Waals surface area contributed by atoms with Crippen molar-refractivity contribution in [2.75, 3.05) is 7.11 Å². The molecule has 4 heteroatoms. The molecule has 13 heavy (non-hydrogen) atoms. The highest BCUT2D eigenvalue weighted by Crippen LogP contribution is 2.02. The van der Waals surface area contributed by atoms with Gasteiger partial charge in [-0.2, -0.15) is 0 Å². The molecule has 0 radical (unpaired) electrons. The van der Waals surface area contributed by atoms with Gasteiger partial charge in [-0.25, -0.2) is 0 Å². The van der Waals surface area contributed by atoms with E-state index >= 15 is 0 Å². The first-order valence-electron chi connectivity index (χ1n) is 4.55. The van der Waals surface area contributed by atoms with Crippen LogP contribution in [0, 0.1) is 4.64 Å². The van der Waals surface area contributed by atoms with Crippen LogP contribution >= 0.6 is 12.2 Å². The molecule has 0 aliphatic rings. The number of aromatic nitrogens is 2. The SMILES string of the molecule is CCCCn1[nH]c(COC)cc1=S. The molecule has 0 atom stereocenters. The van der Waals surface area contributed by atoms with Crippen LogP contribution in [0.4, 0.5) is 0 Å². The molecule has 0 spiro atoms. The molecule has 0 fully saturated rings. The summed E-state index contributed by atoms with van der Waals surface area (Å²) in [6.07, 6.45) is 2.33. The third kappa shape index (κ3) is 2.97. The van der Waals surface area contributed by atoms with Gasteiger partial charge in [-0.1, -0.05) is 25.6 Å². The van der Waals surface area contributed by atoms with E-state index in [0.29, 0.717) is 6.61 Å². The normalized spacial score (nSPS) is 10.6. The third-order valence-electron chi connectivity index (χ3n) is 1.88. The van der Waals surface area contributed by atoms with Crippen molar-refractivity contribution in [2.24, 2.45) is 0 Å². The average Bonchev–Trinajstić information content (AvgIpc) is 2.44. The van der Waals surface area contributed by atoms with Gasteiger partial charge in [0.1, 0.15) is 4.64 Å². The van der Waals surface area contributed by atoms with Crippen LogP contribution in [0.25, 0.3) is 0 Å². The smallest absolute Gasteiger partial charge is 0.122 e. The van der Waals surface area contributed by atoms with Crippen LogP contribution in [0.3, 0.4) is 0 Å². The number of nitrogens with one attached hydrogen (secondary N) is 1. The maximum Gasteiger partial charge on any atom is 0.122 e. The lowest BCUT2D eigenvalue weighted by Crippen LogP contribution is -2.00. The van der Waals surface area contributed by atoms with Crippen molar-refractivity contribution in [1.82, 2.24) is 9.78 Å². The summed E-state index contributed by atoms with van der Waals surface area (Å²) >= 11 is 5.18. The molecule has 1 aromatic rings. The molecule has 0 saturated heterocycles. The van der Waals surface area contributed by atoms with Crippen molar-refractivity contribution in [1.29, 1.82) is 0 Å². The summed E-state index contributed by atoms with van der Waals surface area (Å²) in [5, 5.41) is 3.20. The van der Waals surface area contributed by atoms with Crippen LogP contribution in [0.5, 0.6) is 0 Å². The summed E-state index contributed by atoms with van der Waals surface area (Å²) in [6.45, 7) is 3.74. The van der Waals surface area contributed by atoms with E-state index < -0.39 is 0 Å². The van der Waals surface area contributed by atoms with Crippen LogP contribution in [0.1, 0.15) is 25.5 Å². The van der Waals surface area contributed by atoms with E-state index in [9.17, 15) is 0 Å². The molecule has 74 valence electrons. The second-order valence-corrected chi connectivity index (χ2v) is 3.48. The molecule has 0 aromatic carbocycles. The minimum atomic E-state index is 0.600. The van der Waals surface area contributed by atoms with E-state index in [1.54, 1.807) is 7.11 Å². The van der Waals surface area contributed by atoms with Crippen molar-refractivity contribution >= 4 is 12.2 Å². The molecule has 0 aliphatic heterocycles. The molecule has 1 rings (SSSR count). The number of rotatable bonds is 5. The second-order valence-electron chi connectivity index (χ2n) is 3.06. The summed E-state index contributed by atoms with van der Waals surface area (Å²) in [6, 6.07) is 1.95. The predicted molar refractivity (Wildman–Crippen MR) is 55.2 cm³/mol. The molecule has 0 aliphatic carbocycles. The number of H-pyrrole nitrogens is 1. The summed E-state index contributed by atoms with van der Waals surface area (Å²) in [7, 11) is 1.68. The number of nitrogens with zero attached hydrogens (tertiary/aromatic N) is 1. The van der Waals surface area contributed by atoms with Gasteiger partial charge in [0.2, 0.25) is 0 Å². The number of ether oxygens (including phenoxy) is 1. The highest BCUT2D eigenvalue weighted by atomic mass is 32.1. The molecule has 3 nitrogen and oxygen atoms in total. The van der Waals surface area contributed by atoms with E-state index in [0.717, 1.165) is 23.3 Å². The molecule has 1 aromatic heterocycles. The Labute approximate surface area is 83.7 Å². The minimum Gasteiger partial charge on any atom is -0.378 e. The number of aromatic amines is 1. The lowest BCUT2D eigenvalue weighted by Gasteiger charge is -2.00. The predicted octanol–water partition coefficient (Wildman–Crippen LogP) is 2.49. The van der Waals surface area contributed by atoms with Gasteiger partial charge >= 0.3 is 0 Å². The molecule has 1 N–H and O–H groups in total. The highest BCUT2D eigenvalue weighted by molar-refractivity contribution is 7.71. The standard InChI is InChI=1S/C9H16N2OS/c1-3-4-5-11-9(13)6-8(10-11)7-12-2/h6,10H,3-5,7H2,1-2H3. The third-order valence-corrected chi connectivity index (χ3v) is 2.22. The first-order chi connectivity index (χ1) is 6.27. The Bertz CT molecular complexity index is 303. The molecular weight excluding hydrogens is 184 g/mol. The van der Waals surface area contributed by atoms with Gasteiger partial charge in [0.25, 0.3) is 0 Å². The summed E-state index contributed by atoms with van der Waals surface area (Å²) in [5.74, 6) is 0. The van der Waals surface area contributed by atoms with Crippen molar-refractivity contribution in [2.45, 2.75) is 32.9 Å². The van der Waals surface area contributed by atoms with Gasteiger partial charge in [-0.15, -0.1) is 0 Å². The van der Waals surface area contributed by atoms with Crippen LogP contribution in [0.15, 0.2) is 6.07 Å². The lowest BCUT2D eigenvalue weighted by atomic mass is 10.3. The number of hydrogen-bond acceptors (Lipinski definition) is 2. The van der Waals surface area contributed by atoms with E-state index in [-0.39, 0.29) is 0 Å². The van der Waals surface area contributed by atoms with Crippen molar-refractivity contribution in [3.05, 3.63) is 16.4 Å². The molecule has 1 heterocycles. The summed E-state index contributed by atoms with van der Waals surface area (Å²) < 4.78 is 7.86. The largest absolute Gasteiger partial charge is 0.378 e. The van der Waals surface area contributed by atoms with E-state index in [2.05, 4.69) is 12.0 Å². The Morgan fingerprint density at radius 3 is 3.00 bits per heavy atom. The number of unbranched alkanes of at least 4 members (excludes halogenated alkanes) is 1. The van der Waals surface area contributed by atoms with Gasteiger partial charge in [0, 0.05) is 13.7 Å². The maximum absolute atomic E-state index is 5.18. The fourth-order valence-electron chi connectivity index (χ4n) is 1.20. The Morgan fingerprint density at radius 1 is 1.62 bits per heavy atom. The number of methoxy groups -OCH3 is 1. The zero-order valence-corrected chi connectivity index (χ0v) is 8.99. The van der Waals surface area contributed by atoms with Gasteiger partial charge in [-0.3, -0.25) is 9.78 Å². The van der Waals surface area contributed by atoms with Crippen molar-refractivity contribution in [3.8, 4) is 0 Å². The Morgan fingerprint density at radius 2 is 2.38 bits per heavy atom. The summed E-state index contributed by atoms with van der Waals surface area (Å²) in [4.78, 5) is 0. The molecule has 0 amide bonds. The minimum absolute atomic E-state index is 0.600. The van der Waals surface area contributed by atoms with E-state index in [4.69, 9.17) is 17.0 Å². The van der Waals surface area contributed by atoms with Crippen LogP contribution in [0.2, 0.25) is 0 Å². The van der Waals surface area contributed by atoms with Gasteiger partial charge in [-0.05, 0) is 12.5 Å². The quantitative estimate of drug-likeness (QED) is 0.740. The zero-order chi connectivity index (χ0) is 9.68. The second kappa shape index (κ2) is 5.19. The Balaban J connectivity index is 2.66. The summed E-state index contributed by atoms with van der Waals surface area (Å²) in [5.41, 5.74) is 1.05. The molecule has 0 unspecified atom stereocenters. The monoisotopic (exact) mass is 200 g/mol. The first kappa shape index (κ1) is 10.5. The van der Waals surface area contributed by atoms with Crippen molar-refractivity contribution in [3.63, 3.8) is 0 Å². The van der Waals surface area contributed by atoms with E-state index in [1.165, 1.54) is 6.42 Å². The van der Waals surface area contributed by atoms with Crippen LogP contribution in [-0.2, 0) is 17.9 Å². The fraction of sp³-hybridized carbons (Fsp3) is 0.667. The first-order valence-corrected chi connectivity index (χ1v) is 4.96. The van der Waals surface area contributed by atoms with Gasteiger partial charge in [0.15, 0.2) is 0 Å².